The summed E-state index contributed by atoms with van der Waals surface area (Å²) in [5.74, 6) is -0.0742. The molecule has 0 N–H and O–H groups in total. The van der Waals surface area contributed by atoms with Gasteiger partial charge in [-0.05, 0) is 41.6 Å². The molecule has 0 atom stereocenters. The van der Waals surface area contributed by atoms with Crippen LogP contribution in [-0.4, -0.2) is 23.4 Å². The van der Waals surface area contributed by atoms with E-state index in [9.17, 15) is 9.59 Å². The van der Waals surface area contributed by atoms with Crippen LogP contribution in [0.5, 0.6) is 5.75 Å². The Morgan fingerprint density at radius 2 is 1.96 bits per heavy atom. The maximum absolute atomic E-state index is 12.3. The van der Waals surface area contributed by atoms with Crippen molar-refractivity contribution < 1.29 is 14.3 Å². The number of carbonyl (C=O) groups is 2. The number of benzene rings is 2. The van der Waals surface area contributed by atoms with Gasteiger partial charge in [0.05, 0.1) is 0 Å². The quantitative estimate of drug-likeness (QED) is 0.546. The number of amides is 1. The maximum atomic E-state index is 12.3. The average molecular weight is 332 g/mol. The molecule has 0 fully saturated rings. The van der Waals surface area contributed by atoms with Crippen molar-refractivity contribution in [2.45, 2.75) is 12.8 Å². The lowest BCUT2D eigenvalue weighted by Crippen LogP contribution is -2.40. The summed E-state index contributed by atoms with van der Waals surface area (Å²) >= 11 is 0. The van der Waals surface area contributed by atoms with Gasteiger partial charge < -0.3 is 9.64 Å². The Labute approximate surface area is 144 Å². The van der Waals surface area contributed by atoms with Crippen LogP contribution in [0, 0.1) is 0 Å². The van der Waals surface area contributed by atoms with Gasteiger partial charge in [0.1, 0.15) is 12.3 Å². The number of rotatable bonds is 3. The minimum absolute atomic E-state index is 0.0571. The number of para-hydroxylation sites is 1. The highest BCUT2D eigenvalue weighted by Gasteiger charge is 2.26. The number of aryl methyl sites for hydroxylation is 1. The highest BCUT2D eigenvalue weighted by Crippen LogP contribution is 2.27. The number of aromatic nitrogens is 1. The van der Waals surface area contributed by atoms with Crippen LogP contribution in [-0.2, 0) is 16.0 Å². The second kappa shape index (κ2) is 6.36. The highest BCUT2D eigenvalue weighted by atomic mass is 16.5. The largest absolute Gasteiger partial charge is 0.425 e. The van der Waals surface area contributed by atoms with Crippen molar-refractivity contribution in [3.05, 3.63) is 66.5 Å². The molecule has 0 saturated carbocycles. The van der Waals surface area contributed by atoms with Crippen LogP contribution in [0.2, 0.25) is 0 Å². The summed E-state index contributed by atoms with van der Waals surface area (Å²) in [7, 11) is 0. The number of hydrogen-bond acceptors (Lipinski definition) is 4. The Balaban J connectivity index is 1.52. The average Bonchev–Trinajstić information content (AvgIpc) is 2.64. The van der Waals surface area contributed by atoms with Gasteiger partial charge in [0.15, 0.2) is 0 Å². The molecule has 0 saturated heterocycles. The van der Waals surface area contributed by atoms with Crippen LogP contribution in [0.3, 0.4) is 0 Å². The minimum Gasteiger partial charge on any atom is -0.425 e. The molecule has 124 valence electrons. The molecule has 0 aliphatic carbocycles. The van der Waals surface area contributed by atoms with Crippen molar-refractivity contribution in [3.8, 4) is 5.75 Å². The van der Waals surface area contributed by atoms with Crippen LogP contribution in [0.15, 0.2) is 60.9 Å². The summed E-state index contributed by atoms with van der Waals surface area (Å²) in [6.45, 7) is -0.0963. The second-order valence-electron chi connectivity index (χ2n) is 5.97. The zero-order valence-electron chi connectivity index (χ0n) is 13.5. The predicted octanol–water partition coefficient (Wildman–Crippen LogP) is 3.12. The van der Waals surface area contributed by atoms with E-state index < -0.39 is 5.97 Å². The lowest BCUT2D eigenvalue weighted by Gasteiger charge is -2.28. The summed E-state index contributed by atoms with van der Waals surface area (Å²) in [6.07, 6.45) is 4.55. The topological polar surface area (TPSA) is 59.5 Å². The standard InChI is InChI=1S/C20H16N2O3/c23-19-8-6-15-3-1-2-4-18(15)22(19)13-20(24)25-17-7-5-14-9-10-21-12-16(14)11-17/h1-5,7,9-12H,6,8,13H2. The Hall–Kier alpha value is -3.21. The summed E-state index contributed by atoms with van der Waals surface area (Å²) in [5.41, 5.74) is 1.87. The monoisotopic (exact) mass is 332 g/mol. The number of esters is 1. The molecule has 1 aliphatic heterocycles. The van der Waals surface area contributed by atoms with Crippen LogP contribution >= 0.6 is 0 Å². The molecule has 1 aliphatic rings. The maximum Gasteiger partial charge on any atom is 0.331 e. The highest BCUT2D eigenvalue weighted by molar-refractivity contribution is 6.00. The molecule has 0 radical (unpaired) electrons. The van der Waals surface area contributed by atoms with E-state index in [0.29, 0.717) is 18.6 Å². The molecule has 1 amide bonds. The van der Waals surface area contributed by atoms with Crippen molar-refractivity contribution in [2.75, 3.05) is 11.4 Å². The first-order chi connectivity index (χ1) is 12.2. The minimum atomic E-state index is -0.465. The van der Waals surface area contributed by atoms with Crippen LogP contribution in [0.1, 0.15) is 12.0 Å². The third-order valence-corrected chi connectivity index (χ3v) is 4.32. The van der Waals surface area contributed by atoms with Gasteiger partial charge in [-0.3, -0.25) is 9.78 Å². The van der Waals surface area contributed by atoms with Gasteiger partial charge in [-0.2, -0.15) is 0 Å². The fourth-order valence-electron chi connectivity index (χ4n) is 3.09. The van der Waals surface area contributed by atoms with Crippen molar-refractivity contribution in [2.24, 2.45) is 0 Å². The molecule has 0 spiro atoms. The first-order valence-electron chi connectivity index (χ1n) is 8.13. The van der Waals surface area contributed by atoms with Gasteiger partial charge in [0.2, 0.25) is 5.91 Å². The Kier molecular flexibility index (Phi) is 3.90. The SMILES string of the molecule is O=C(CN1C(=O)CCc2ccccc21)Oc1ccc2ccncc2c1. The molecule has 3 aromatic rings. The van der Waals surface area contributed by atoms with E-state index in [2.05, 4.69) is 4.98 Å². The Morgan fingerprint density at radius 1 is 1.08 bits per heavy atom. The molecule has 0 unspecified atom stereocenters. The van der Waals surface area contributed by atoms with Gasteiger partial charge in [-0.1, -0.05) is 24.3 Å². The third-order valence-electron chi connectivity index (χ3n) is 4.32. The summed E-state index contributed by atoms with van der Waals surface area (Å²) < 4.78 is 5.43. The lowest BCUT2D eigenvalue weighted by molar-refractivity contribution is -0.134. The molecular formula is C20H16N2O3. The summed E-state index contributed by atoms with van der Waals surface area (Å²) in [6, 6.07) is 14.9. The van der Waals surface area contributed by atoms with E-state index in [1.165, 1.54) is 4.90 Å². The Morgan fingerprint density at radius 3 is 2.88 bits per heavy atom. The molecule has 4 rings (SSSR count). The number of fused-ring (bicyclic) bond motifs is 2. The van der Waals surface area contributed by atoms with Crippen LogP contribution in [0.25, 0.3) is 10.8 Å². The second-order valence-corrected chi connectivity index (χ2v) is 5.97. The molecule has 5 nitrogen and oxygen atoms in total. The fourth-order valence-corrected chi connectivity index (χ4v) is 3.09. The van der Waals surface area contributed by atoms with E-state index in [1.54, 1.807) is 24.5 Å². The van der Waals surface area contributed by atoms with Gasteiger partial charge in [0, 0.05) is 29.9 Å². The number of ether oxygens (including phenoxy) is 1. The smallest absolute Gasteiger partial charge is 0.331 e. The molecular weight excluding hydrogens is 316 g/mol. The normalized spacial score (nSPS) is 13.6. The molecule has 1 aromatic heterocycles. The van der Waals surface area contributed by atoms with E-state index >= 15 is 0 Å². The molecule has 0 bridgehead atoms. The molecule has 5 heteroatoms. The summed E-state index contributed by atoms with van der Waals surface area (Å²) in [5, 5.41) is 1.92. The van der Waals surface area contributed by atoms with E-state index in [1.807, 2.05) is 36.4 Å². The Bertz CT molecular complexity index is 968. The van der Waals surface area contributed by atoms with Gasteiger partial charge in [-0.25, -0.2) is 4.79 Å². The number of nitrogens with zero attached hydrogens (tertiary/aromatic N) is 2. The van der Waals surface area contributed by atoms with Crippen molar-refractivity contribution in [1.82, 2.24) is 4.98 Å². The lowest BCUT2D eigenvalue weighted by atomic mass is 10.0. The molecule has 25 heavy (non-hydrogen) atoms. The van der Waals surface area contributed by atoms with Gasteiger partial charge in [0.25, 0.3) is 0 Å². The molecule has 2 aromatic carbocycles. The van der Waals surface area contributed by atoms with Crippen LogP contribution < -0.4 is 9.64 Å². The zero-order valence-corrected chi connectivity index (χ0v) is 13.5. The van der Waals surface area contributed by atoms with Crippen LogP contribution in [0.4, 0.5) is 5.69 Å². The van der Waals surface area contributed by atoms with E-state index in [4.69, 9.17) is 4.74 Å². The third kappa shape index (κ3) is 3.08. The first kappa shape index (κ1) is 15.3. The number of hydrogen-bond donors (Lipinski definition) is 0. The number of anilines is 1. The molecule has 2 heterocycles. The number of pyridine rings is 1. The van der Waals surface area contributed by atoms with Crippen molar-refractivity contribution in [1.29, 1.82) is 0 Å². The van der Waals surface area contributed by atoms with E-state index in [0.717, 1.165) is 22.0 Å². The van der Waals surface area contributed by atoms with Gasteiger partial charge in [-0.15, -0.1) is 0 Å². The van der Waals surface area contributed by atoms with E-state index in [-0.39, 0.29) is 12.5 Å². The first-order valence-corrected chi connectivity index (χ1v) is 8.13. The summed E-state index contributed by atoms with van der Waals surface area (Å²) in [4.78, 5) is 30.1. The predicted molar refractivity (Wildman–Crippen MR) is 94.5 cm³/mol. The van der Waals surface area contributed by atoms with Crippen molar-refractivity contribution >= 4 is 28.3 Å². The van der Waals surface area contributed by atoms with Gasteiger partial charge >= 0.3 is 5.97 Å². The zero-order chi connectivity index (χ0) is 17.2. The fraction of sp³-hybridized carbons (Fsp3) is 0.150. The van der Waals surface area contributed by atoms with Crippen molar-refractivity contribution in [3.63, 3.8) is 0 Å². The number of carbonyl (C=O) groups excluding carboxylic acids is 2.